The van der Waals surface area contributed by atoms with E-state index in [0.29, 0.717) is 16.0 Å². The highest BCUT2D eigenvalue weighted by atomic mass is 79.9. The highest BCUT2D eigenvalue weighted by Gasteiger charge is 2.17. The van der Waals surface area contributed by atoms with Gasteiger partial charge in [-0.25, -0.2) is 0 Å². The lowest BCUT2D eigenvalue weighted by atomic mass is 10.2. The summed E-state index contributed by atoms with van der Waals surface area (Å²) in [6.07, 6.45) is 1.21. The standard InChI is InChI=1S/C10H12BrN3O4S/c1-2-19(18)4-3-12-10(15)7-5-9(14(16)17)13-6-8(7)11/h5-6H,2-4H2,1H3,(H,12,15). The van der Waals surface area contributed by atoms with E-state index in [1.54, 1.807) is 6.92 Å². The number of pyridine rings is 1. The largest absolute Gasteiger partial charge is 0.364 e. The minimum Gasteiger partial charge on any atom is -0.358 e. The summed E-state index contributed by atoms with van der Waals surface area (Å²) >= 11 is 3.11. The van der Waals surface area contributed by atoms with Crippen molar-refractivity contribution in [3.8, 4) is 0 Å². The number of hydrogen-bond donors (Lipinski definition) is 1. The van der Waals surface area contributed by atoms with Gasteiger partial charge in [-0.3, -0.25) is 9.00 Å². The van der Waals surface area contributed by atoms with Crippen LogP contribution in [-0.4, -0.2) is 38.1 Å². The fraction of sp³-hybridized carbons (Fsp3) is 0.400. The monoisotopic (exact) mass is 349 g/mol. The SMILES string of the molecule is CCS(=O)CCNC(=O)c1cc([N+](=O)[O-])ncc1Br. The van der Waals surface area contributed by atoms with Crippen molar-refractivity contribution < 1.29 is 13.9 Å². The Morgan fingerprint density at radius 1 is 1.63 bits per heavy atom. The van der Waals surface area contributed by atoms with Gasteiger partial charge in [0.15, 0.2) is 6.20 Å². The molecule has 1 amide bonds. The molecular formula is C10H12BrN3O4S. The summed E-state index contributed by atoms with van der Waals surface area (Å²) in [5.74, 6) is 0.0174. The Hall–Kier alpha value is -1.35. The number of rotatable bonds is 6. The highest BCUT2D eigenvalue weighted by Crippen LogP contribution is 2.19. The van der Waals surface area contributed by atoms with Gasteiger partial charge < -0.3 is 15.4 Å². The quantitative estimate of drug-likeness (QED) is 0.614. The molecule has 0 spiro atoms. The third-order valence-corrected chi connectivity index (χ3v) is 4.15. The summed E-state index contributed by atoms with van der Waals surface area (Å²) in [6.45, 7) is 2.04. The molecule has 0 aliphatic carbocycles. The summed E-state index contributed by atoms with van der Waals surface area (Å²) in [6, 6.07) is 1.09. The molecule has 0 aromatic carbocycles. The van der Waals surface area contributed by atoms with Crippen molar-refractivity contribution >= 4 is 38.5 Å². The van der Waals surface area contributed by atoms with Gasteiger partial charge in [-0.15, -0.1) is 0 Å². The number of halogens is 1. The number of nitrogens with zero attached hydrogens (tertiary/aromatic N) is 2. The van der Waals surface area contributed by atoms with E-state index in [9.17, 15) is 19.1 Å². The number of carbonyl (C=O) groups is 1. The third kappa shape index (κ3) is 4.67. The van der Waals surface area contributed by atoms with Crippen molar-refractivity contribution in [1.29, 1.82) is 0 Å². The molecule has 1 heterocycles. The highest BCUT2D eigenvalue weighted by molar-refractivity contribution is 9.10. The number of hydrogen-bond acceptors (Lipinski definition) is 5. The Morgan fingerprint density at radius 2 is 2.32 bits per heavy atom. The van der Waals surface area contributed by atoms with Gasteiger partial charge in [0.2, 0.25) is 0 Å². The molecule has 19 heavy (non-hydrogen) atoms. The average Bonchev–Trinajstić information content (AvgIpc) is 2.38. The fourth-order valence-corrected chi connectivity index (χ4v) is 2.23. The lowest BCUT2D eigenvalue weighted by Gasteiger charge is -2.05. The van der Waals surface area contributed by atoms with Gasteiger partial charge in [0.25, 0.3) is 5.91 Å². The zero-order chi connectivity index (χ0) is 14.4. The van der Waals surface area contributed by atoms with Crippen LogP contribution < -0.4 is 5.32 Å². The van der Waals surface area contributed by atoms with E-state index in [-0.39, 0.29) is 12.1 Å². The van der Waals surface area contributed by atoms with E-state index >= 15 is 0 Å². The second-order valence-corrected chi connectivity index (χ2v) is 6.19. The smallest absolute Gasteiger partial charge is 0.358 e. The van der Waals surface area contributed by atoms with Gasteiger partial charge >= 0.3 is 5.82 Å². The number of nitrogens with one attached hydrogen (secondary N) is 1. The second kappa shape index (κ2) is 7.29. The van der Waals surface area contributed by atoms with Crippen LogP contribution in [-0.2, 0) is 10.8 Å². The van der Waals surface area contributed by atoms with Gasteiger partial charge in [-0.1, -0.05) is 6.92 Å². The number of nitro groups is 1. The third-order valence-electron chi connectivity index (χ3n) is 2.21. The molecule has 104 valence electrons. The first kappa shape index (κ1) is 15.7. The van der Waals surface area contributed by atoms with E-state index in [1.165, 1.54) is 6.20 Å². The van der Waals surface area contributed by atoms with Crippen molar-refractivity contribution in [3.63, 3.8) is 0 Å². The maximum absolute atomic E-state index is 11.8. The number of aromatic nitrogens is 1. The normalized spacial score (nSPS) is 11.9. The lowest BCUT2D eigenvalue weighted by Crippen LogP contribution is -2.28. The van der Waals surface area contributed by atoms with Gasteiger partial charge in [-0.05, 0) is 25.8 Å². The van der Waals surface area contributed by atoms with Crippen LogP contribution in [0.5, 0.6) is 0 Å². The van der Waals surface area contributed by atoms with Crippen molar-refractivity contribution in [2.24, 2.45) is 0 Å². The molecule has 0 aliphatic heterocycles. The maximum Gasteiger partial charge on any atom is 0.364 e. The molecule has 1 N–H and O–H groups in total. The molecule has 0 aliphatic rings. The van der Waals surface area contributed by atoms with Crippen LogP contribution in [0, 0.1) is 10.1 Å². The van der Waals surface area contributed by atoms with E-state index in [0.717, 1.165) is 6.07 Å². The lowest BCUT2D eigenvalue weighted by molar-refractivity contribution is -0.389. The first-order valence-electron chi connectivity index (χ1n) is 5.38. The summed E-state index contributed by atoms with van der Waals surface area (Å²) in [5.41, 5.74) is 0.129. The molecule has 1 aromatic rings. The summed E-state index contributed by atoms with van der Waals surface area (Å²) in [7, 11) is -0.964. The van der Waals surface area contributed by atoms with Crippen LogP contribution in [0.25, 0.3) is 0 Å². The van der Waals surface area contributed by atoms with Crippen LogP contribution >= 0.6 is 15.9 Å². The van der Waals surface area contributed by atoms with Gasteiger partial charge in [0, 0.05) is 34.9 Å². The van der Waals surface area contributed by atoms with Crippen molar-refractivity contribution in [1.82, 2.24) is 10.3 Å². The molecule has 9 heteroatoms. The van der Waals surface area contributed by atoms with Gasteiger partial charge in [0.05, 0.1) is 10.0 Å². The molecule has 0 saturated carbocycles. The van der Waals surface area contributed by atoms with Crippen LogP contribution in [0.3, 0.4) is 0 Å². The number of carbonyl (C=O) groups excluding carboxylic acids is 1. The van der Waals surface area contributed by atoms with E-state index in [4.69, 9.17) is 0 Å². The molecule has 0 radical (unpaired) electrons. The topological polar surface area (TPSA) is 102 Å². The maximum atomic E-state index is 11.8. The van der Waals surface area contributed by atoms with Crippen molar-refractivity contribution in [3.05, 3.63) is 32.4 Å². The Morgan fingerprint density at radius 3 is 2.89 bits per heavy atom. The fourth-order valence-electron chi connectivity index (χ4n) is 1.22. The van der Waals surface area contributed by atoms with E-state index < -0.39 is 27.4 Å². The zero-order valence-corrected chi connectivity index (χ0v) is 12.5. The summed E-state index contributed by atoms with van der Waals surface area (Å²) in [4.78, 5) is 25.3. The van der Waals surface area contributed by atoms with Gasteiger partial charge in [-0.2, -0.15) is 0 Å². The Kier molecular flexibility index (Phi) is 6.03. The summed E-state index contributed by atoms with van der Waals surface area (Å²) in [5, 5.41) is 13.1. The molecule has 1 unspecified atom stereocenters. The molecular weight excluding hydrogens is 338 g/mol. The number of amides is 1. The first-order valence-corrected chi connectivity index (χ1v) is 7.67. The molecule has 0 bridgehead atoms. The predicted molar refractivity (Wildman–Crippen MR) is 74.5 cm³/mol. The van der Waals surface area contributed by atoms with E-state index in [2.05, 4.69) is 26.2 Å². The molecule has 1 rings (SSSR count). The zero-order valence-electron chi connectivity index (χ0n) is 10.1. The summed E-state index contributed by atoms with van der Waals surface area (Å²) < 4.78 is 11.6. The van der Waals surface area contributed by atoms with Crippen molar-refractivity contribution in [2.75, 3.05) is 18.1 Å². The first-order chi connectivity index (χ1) is 8.95. The Labute approximate surface area is 120 Å². The van der Waals surface area contributed by atoms with Crippen LogP contribution in [0.2, 0.25) is 0 Å². The second-order valence-electron chi connectivity index (χ2n) is 3.47. The van der Waals surface area contributed by atoms with E-state index in [1.807, 2.05) is 0 Å². The molecule has 0 fully saturated rings. The minimum absolute atomic E-state index is 0.129. The molecule has 1 atom stereocenters. The Bertz CT molecular complexity index is 523. The molecule has 1 aromatic heterocycles. The van der Waals surface area contributed by atoms with Crippen molar-refractivity contribution in [2.45, 2.75) is 6.92 Å². The predicted octanol–water partition coefficient (Wildman–Crippen LogP) is 1.25. The van der Waals surface area contributed by atoms with Crippen LogP contribution in [0.4, 0.5) is 5.82 Å². The Balaban J connectivity index is 2.73. The molecule has 7 nitrogen and oxygen atoms in total. The van der Waals surface area contributed by atoms with Crippen LogP contribution in [0.15, 0.2) is 16.7 Å². The van der Waals surface area contributed by atoms with Gasteiger partial charge in [0.1, 0.15) is 0 Å². The average molecular weight is 350 g/mol. The molecule has 0 saturated heterocycles. The van der Waals surface area contributed by atoms with Crippen LogP contribution in [0.1, 0.15) is 17.3 Å². The minimum atomic E-state index is -0.964.